The minimum absolute atomic E-state index is 0.123. The normalized spacial score (nSPS) is 11.1. The number of nitrogens with one attached hydrogen (secondary N) is 1. The summed E-state index contributed by atoms with van der Waals surface area (Å²) >= 11 is 3.21. The Morgan fingerprint density at radius 3 is 2.30 bits per heavy atom. The van der Waals surface area contributed by atoms with E-state index in [-0.39, 0.29) is 16.4 Å². The fourth-order valence-electron chi connectivity index (χ4n) is 1.74. The zero-order valence-electron chi connectivity index (χ0n) is 10.6. The summed E-state index contributed by atoms with van der Waals surface area (Å²) in [4.78, 5) is 11.6. The van der Waals surface area contributed by atoms with Gasteiger partial charge in [-0.25, -0.2) is 8.42 Å². The monoisotopic (exact) mass is 353 g/mol. The average Bonchev–Trinajstić information content (AvgIpc) is 2.39. The number of ketones is 1. The summed E-state index contributed by atoms with van der Waals surface area (Å²) in [5.74, 6) is -0.199. The minimum Gasteiger partial charge on any atom is -0.294 e. The fourth-order valence-corrected chi connectivity index (χ4v) is 3.83. The van der Waals surface area contributed by atoms with E-state index in [0.29, 0.717) is 10.0 Å². The number of carbonyl (C=O) groups excluding carboxylic acids is 1. The SMILES string of the molecule is CC(=O)c1ccccc1NS(=O)(=O)c1ccccc1Br. The molecule has 4 nitrogen and oxygen atoms in total. The zero-order chi connectivity index (χ0) is 14.8. The highest BCUT2D eigenvalue weighted by Gasteiger charge is 2.19. The van der Waals surface area contributed by atoms with Crippen LogP contribution in [0.4, 0.5) is 5.69 Å². The molecule has 0 aliphatic carbocycles. The third-order valence-corrected chi connectivity index (χ3v) is 5.05. The van der Waals surface area contributed by atoms with E-state index in [2.05, 4.69) is 20.7 Å². The maximum absolute atomic E-state index is 12.3. The second-order valence-electron chi connectivity index (χ2n) is 4.14. The van der Waals surface area contributed by atoms with Gasteiger partial charge in [-0.1, -0.05) is 24.3 Å². The summed E-state index contributed by atoms with van der Waals surface area (Å²) in [5, 5.41) is 0. The van der Waals surface area contributed by atoms with E-state index in [1.807, 2.05) is 0 Å². The van der Waals surface area contributed by atoms with Gasteiger partial charge in [0.25, 0.3) is 10.0 Å². The molecule has 0 unspecified atom stereocenters. The highest BCUT2D eigenvalue weighted by Crippen LogP contribution is 2.25. The second-order valence-corrected chi connectivity index (χ2v) is 6.64. The molecule has 0 saturated carbocycles. The minimum atomic E-state index is -3.75. The number of rotatable bonds is 4. The molecule has 0 fully saturated rings. The van der Waals surface area contributed by atoms with Crippen LogP contribution >= 0.6 is 15.9 Å². The lowest BCUT2D eigenvalue weighted by Crippen LogP contribution is -2.15. The first-order valence-electron chi connectivity index (χ1n) is 5.79. The molecule has 0 spiro atoms. The molecule has 0 aliphatic heterocycles. The molecule has 1 N–H and O–H groups in total. The third kappa shape index (κ3) is 3.08. The van der Waals surface area contributed by atoms with Crippen molar-refractivity contribution in [3.05, 3.63) is 58.6 Å². The maximum Gasteiger partial charge on any atom is 0.263 e. The number of hydrogen-bond donors (Lipinski definition) is 1. The van der Waals surface area contributed by atoms with Crippen LogP contribution in [0.5, 0.6) is 0 Å². The highest BCUT2D eigenvalue weighted by molar-refractivity contribution is 9.10. The molecular formula is C14H12BrNO3S. The predicted molar refractivity (Wildman–Crippen MR) is 81.4 cm³/mol. The first-order chi connectivity index (χ1) is 9.42. The Kier molecular flexibility index (Phi) is 4.25. The van der Waals surface area contributed by atoms with Gasteiger partial charge in [0.2, 0.25) is 0 Å². The molecule has 0 amide bonds. The van der Waals surface area contributed by atoms with Crippen molar-refractivity contribution >= 4 is 37.4 Å². The Morgan fingerprint density at radius 1 is 1.05 bits per heavy atom. The van der Waals surface area contributed by atoms with Gasteiger partial charge in [-0.2, -0.15) is 0 Å². The Hall–Kier alpha value is -1.66. The molecule has 6 heteroatoms. The van der Waals surface area contributed by atoms with Gasteiger partial charge in [0.05, 0.1) is 5.69 Å². The molecule has 0 aliphatic rings. The van der Waals surface area contributed by atoms with Gasteiger partial charge in [0, 0.05) is 10.0 Å². The summed E-state index contributed by atoms with van der Waals surface area (Å²) in [5.41, 5.74) is 0.610. The van der Waals surface area contributed by atoms with Gasteiger partial charge in [0.15, 0.2) is 5.78 Å². The van der Waals surface area contributed by atoms with Gasteiger partial charge in [0.1, 0.15) is 4.90 Å². The molecular weight excluding hydrogens is 342 g/mol. The summed E-state index contributed by atoms with van der Waals surface area (Å²) in [6.45, 7) is 1.39. The molecule has 104 valence electrons. The number of Topliss-reactive ketones (excluding diaryl/α,β-unsaturated/α-hetero) is 1. The largest absolute Gasteiger partial charge is 0.294 e. The molecule has 2 aromatic carbocycles. The van der Waals surface area contributed by atoms with E-state index >= 15 is 0 Å². The third-order valence-electron chi connectivity index (χ3n) is 2.68. The molecule has 20 heavy (non-hydrogen) atoms. The lowest BCUT2D eigenvalue weighted by Gasteiger charge is -2.12. The van der Waals surface area contributed by atoms with E-state index in [0.717, 1.165) is 0 Å². The van der Waals surface area contributed by atoms with E-state index in [4.69, 9.17) is 0 Å². The molecule has 0 saturated heterocycles. The van der Waals surface area contributed by atoms with Crippen LogP contribution in [-0.4, -0.2) is 14.2 Å². The summed E-state index contributed by atoms with van der Waals surface area (Å²) in [7, 11) is -3.75. The van der Waals surface area contributed by atoms with Gasteiger partial charge in [-0.15, -0.1) is 0 Å². The molecule has 0 heterocycles. The number of hydrogen-bond acceptors (Lipinski definition) is 3. The van der Waals surface area contributed by atoms with Crippen LogP contribution in [0.2, 0.25) is 0 Å². The second kappa shape index (κ2) is 5.76. The lowest BCUT2D eigenvalue weighted by atomic mass is 10.1. The van der Waals surface area contributed by atoms with Crippen LogP contribution in [0.25, 0.3) is 0 Å². The average molecular weight is 354 g/mol. The number of para-hydroxylation sites is 1. The predicted octanol–water partition coefficient (Wildman–Crippen LogP) is 3.45. The molecule has 0 atom stereocenters. The number of halogens is 1. The standard InChI is InChI=1S/C14H12BrNO3S/c1-10(17)11-6-2-4-8-13(11)16-20(18,19)14-9-5-3-7-12(14)15/h2-9,16H,1H3. The van der Waals surface area contributed by atoms with Gasteiger partial charge < -0.3 is 0 Å². The zero-order valence-corrected chi connectivity index (χ0v) is 13.0. The van der Waals surface area contributed by atoms with Crippen LogP contribution < -0.4 is 4.72 Å². The number of benzene rings is 2. The summed E-state index contributed by atoms with van der Waals surface area (Å²) in [6.07, 6.45) is 0. The number of carbonyl (C=O) groups is 1. The molecule has 0 radical (unpaired) electrons. The van der Waals surface area contributed by atoms with E-state index < -0.39 is 10.0 Å². The van der Waals surface area contributed by atoms with E-state index in [1.54, 1.807) is 42.5 Å². The van der Waals surface area contributed by atoms with Gasteiger partial charge in [-0.3, -0.25) is 9.52 Å². The highest BCUT2D eigenvalue weighted by atomic mass is 79.9. The first-order valence-corrected chi connectivity index (χ1v) is 8.07. The maximum atomic E-state index is 12.3. The van der Waals surface area contributed by atoms with Crippen molar-refractivity contribution in [3.63, 3.8) is 0 Å². The molecule has 0 bridgehead atoms. The van der Waals surface area contributed by atoms with Crippen molar-refractivity contribution in [1.29, 1.82) is 0 Å². The van der Waals surface area contributed by atoms with Crippen LogP contribution in [0.15, 0.2) is 57.9 Å². The van der Waals surface area contributed by atoms with Crippen LogP contribution in [-0.2, 0) is 10.0 Å². The smallest absolute Gasteiger partial charge is 0.263 e. The number of sulfonamides is 1. The Morgan fingerprint density at radius 2 is 1.65 bits per heavy atom. The topological polar surface area (TPSA) is 63.2 Å². The van der Waals surface area contributed by atoms with E-state index in [1.165, 1.54) is 13.0 Å². The van der Waals surface area contributed by atoms with Crippen molar-refractivity contribution < 1.29 is 13.2 Å². The van der Waals surface area contributed by atoms with Crippen molar-refractivity contribution in [2.75, 3.05) is 4.72 Å². The lowest BCUT2D eigenvalue weighted by molar-refractivity contribution is 0.101. The van der Waals surface area contributed by atoms with Gasteiger partial charge >= 0.3 is 0 Å². The van der Waals surface area contributed by atoms with Crippen LogP contribution in [0.1, 0.15) is 17.3 Å². The van der Waals surface area contributed by atoms with Crippen LogP contribution in [0.3, 0.4) is 0 Å². The van der Waals surface area contributed by atoms with Crippen molar-refractivity contribution in [2.24, 2.45) is 0 Å². The van der Waals surface area contributed by atoms with Crippen molar-refractivity contribution in [3.8, 4) is 0 Å². The molecule has 2 aromatic rings. The summed E-state index contributed by atoms with van der Waals surface area (Å²) in [6, 6.07) is 13.0. The number of anilines is 1. The first kappa shape index (κ1) is 14.7. The molecule has 2 rings (SSSR count). The fraction of sp³-hybridized carbons (Fsp3) is 0.0714. The Bertz CT molecular complexity index is 757. The Labute approximate surface area is 126 Å². The van der Waals surface area contributed by atoms with Crippen LogP contribution in [0, 0.1) is 0 Å². The quantitative estimate of drug-likeness (QED) is 0.856. The summed E-state index contributed by atoms with van der Waals surface area (Å²) < 4.78 is 27.6. The van der Waals surface area contributed by atoms with E-state index in [9.17, 15) is 13.2 Å². The Balaban J connectivity index is 2.45. The van der Waals surface area contributed by atoms with Gasteiger partial charge in [-0.05, 0) is 47.1 Å². The molecule has 0 aromatic heterocycles. The van der Waals surface area contributed by atoms with Crippen molar-refractivity contribution in [1.82, 2.24) is 0 Å². The van der Waals surface area contributed by atoms with Crippen molar-refractivity contribution in [2.45, 2.75) is 11.8 Å².